The monoisotopic (exact) mass is 258 g/mol. The molecule has 2 aliphatic rings. The SMILES string of the molecule is CCSC1(SCC)CC(=O)C2=C(CCC2)O1. The maximum Gasteiger partial charge on any atom is 0.208 e. The number of carbonyl (C=O) groups is 1. The number of rotatable bonds is 4. The van der Waals surface area contributed by atoms with Crippen LogP contribution in [-0.2, 0) is 9.53 Å². The van der Waals surface area contributed by atoms with Gasteiger partial charge in [0.1, 0.15) is 5.76 Å². The lowest BCUT2D eigenvalue weighted by atomic mass is 10.1. The predicted octanol–water partition coefficient (Wildman–Crippen LogP) is 3.57. The molecule has 0 aromatic carbocycles. The molecule has 0 amide bonds. The smallest absolute Gasteiger partial charge is 0.208 e. The summed E-state index contributed by atoms with van der Waals surface area (Å²) in [6.07, 6.45) is 3.51. The molecule has 0 fully saturated rings. The molecule has 0 bridgehead atoms. The van der Waals surface area contributed by atoms with E-state index in [1.807, 2.05) is 0 Å². The lowest BCUT2D eigenvalue weighted by Gasteiger charge is -2.36. The summed E-state index contributed by atoms with van der Waals surface area (Å²) in [6.45, 7) is 4.24. The Morgan fingerprint density at radius 3 is 2.56 bits per heavy atom. The lowest BCUT2D eigenvalue weighted by Crippen LogP contribution is -2.33. The molecular weight excluding hydrogens is 240 g/mol. The van der Waals surface area contributed by atoms with Crippen LogP contribution in [0.2, 0.25) is 0 Å². The van der Waals surface area contributed by atoms with Crippen LogP contribution in [0.1, 0.15) is 39.5 Å². The van der Waals surface area contributed by atoms with Crippen molar-refractivity contribution >= 4 is 29.3 Å². The number of thioether (sulfide) groups is 2. The summed E-state index contributed by atoms with van der Waals surface area (Å²) < 4.78 is 5.80. The Morgan fingerprint density at radius 1 is 1.25 bits per heavy atom. The van der Waals surface area contributed by atoms with Crippen molar-refractivity contribution in [2.24, 2.45) is 0 Å². The van der Waals surface area contributed by atoms with E-state index in [2.05, 4.69) is 13.8 Å². The molecule has 0 spiro atoms. The fraction of sp³-hybridized carbons (Fsp3) is 0.750. The fourth-order valence-electron chi connectivity index (χ4n) is 2.29. The van der Waals surface area contributed by atoms with Crippen LogP contribution >= 0.6 is 23.5 Å². The molecule has 0 aromatic rings. The molecule has 16 heavy (non-hydrogen) atoms. The molecular formula is C12H18O2S2. The quantitative estimate of drug-likeness (QED) is 0.720. The Hall–Kier alpha value is -0.0900. The first-order valence-corrected chi connectivity index (χ1v) is 7.90. The van der Waals surface area contributed by atoms with Gasteiger partial charge in [0.15, 0.2) is 5.78 Å². The van der Waals surface area contributed by atoms with E-state index >= 15 is 0 Å². The van der Waals surface area contributed by atoms with Gasteiger partial charge in [-0.15, -0.1) is 23.5 Å². The third-order valence-corrected chi connectivity index (χ3v) is 5.51. The van der Waals surface area contributed by atoms with E-state index in [1.54, 1.807) is 23.5 Å². The summed E-state index contributed by atoms with van der Waals surface area (Å²) in [4.78, 5) is 12.1. The van der Waals surface area contributed by atoms with E-state index < -0.39 is 0 Å². The number of carbonyl (C=O) groups excluding carboxylic acids is 1. The summed E-state index contributed by atoms with van der Waals surface area (Å²) in [6, 6.07) is 0. The lowest BCUT2D eigenvalue weighted by molar-refractivity contribution is -0.118. The Kier molecular flexibility index (Phi) is 3.90. The van der Waals surface area contributed by atoms with Gasteiger partial charge in [-0.2, -0.15) is 0 Å². The van der Waals surface area contributed by atoms with Crippen molar-refractivity contribution in [3.63, 3.8) is 0 Å². The molecule has 1 aliphatic carbocycles. The molecule has 4 heteroatoms. The summed E-state index contributed by atoms with van der Waals surface area (Å²) in [5.41, 5.74) is 0.976. The first-order chi connectivity index (χ1) is 7.71. The minimum atomic E-state index is -0.330. The number of Topliss-reactive ketones (excluding diaryl/α,β-unsaturated/α-hetero) is 1. The van der Waals surface area contributed by atoms with Crippen molar-refractivity contribution in [3.8, 4) is 0 Å². The van der Waals surface area contributed by atoms with Crippen LogP contribution in [0, 0.1) is 0 Å². The van der Waals surface area contributed by atoms with Crippen LogP contribution < -0.4 is 0 Å². The van der Waals surface area contributed by atoms with Gasteiger partial charge in [-0.25, -0.2) is 0 Å². The van der Waals surface area contributed by atoms with Gasteiger partial charge in [0.25, 0.3) is 0 Å². The molecule has 0 unspecified atom stereocenters. The summed E-state index contributed by atoms with van der Waals surface area (Å²) in [5, 5.41) is 0. The third-order valence-electron chi connectivity index (χ3n) is 2.89. The number of allylic oxidation sites excluding steroid dienone is 2. The highest BCUT2D eigenvalue weighted by molar-refractivity contribution is 8.18. The molecule has 0 N–H and O–H groups in total. The second-order valence-corrected chi connectivity index (χ2v) is 7.32. The Bertz CT molecular complexity index is 317. The molecule has 1 aliphatic heterocycles. The van der Waals surface area contributed by atoms with E-state index in [1.165, 1.54) is 0 Å². The number of hydrogen-bond acceptors (Lipinski definition) is 4. The Balaban J connectivity index is 2.20. The van der Waals surface area contributed by atoms with Gasteiger partial charge in [0, 0.05) is 12.0 Å². The minimum absolute atomic E-state index is 0.320. The average molecular weight is 258 g/mol. The maximum atomic E-state index is 12.1. The van der Waals surface area contributed by atoms with Gasteiger partial charge in [0.05, 0.1) is 6.42 Å². The number of ether oxygens (including phenoxy) is 1. The zero-order valence-corrected chi connectivity index (χ0v) is 11.5. The number of hydrogen-bond donors (Lipinski definition) is 0. The maximum absolute atomic E-state index is 12.1. The molecule has 2 rings (SSSR count). The molecule has 0 aromatic heterocycles. The van der Waals surface area contributed by atoms with Crippen molar-refractivity contribution < 1.29 is 9.53 Å². The van der Waals surface area contributed by atoms with Crippen molar-refractivity contribution in [3.05, 3.63) is 11.3 Å². The van der Waals surface area contributed by atoms with Gasteiger partial charge >= 0.3 is 0 Å². The first-order valence-electron chi connectivity index (χ1n) is 5.93. The molecule has 0 radical (unpaired) electrons. The van der Waals surface area contributed by atoms with Crippen LogP contribution in [0.3, 0.4) is 0 Å². The van der Waals surface area contributed by atoms with Crippen LogP contribution in [0.5, 0.6) is 0 Å². The van der Waals surface area contributed by atoms with Crippen LogP contribution in [0.4, 0.5) is 0 Å². The molecule has 1 heterocycles. The summed E-state index contributed by atoms with van der Waals surface area (Å²) in [7, 11) is 0. The van der Waals surface area contributed by atoms with E-state index in [4.69, 9.17) is 4.74 Å². The summed E-state index contributed by atoms with van der Waals surface area (Å²) >= 11 is 3.53. The average Bonchev–Trinajstić information content (AvgIpc) is 2.66. The van der Waals surface area contributed by atoms with E-state index in [-0.39, 0.29) is 4.27 Å². The van der Waals surface area contributed by atoms with Crippen molar-refractivity contribution in [1.82, 2.24) is 0 Å². The Morgan fingerprint density at radius 2 is 1.94 bits per heavy atom. The van der Waals surface area contributed by atoms with Gasteiger partial charge in [-0.3, -0.25) is 4.79 Å². The Labute approximate surface area is 106 Å². The van der Waals surface area contributed by atoms with Crippen molar-refractivity contribution in [2.45, 2.75) is 43.8 Å². The highest BCUT2D eigenvalue weighted by Crippen LogP contribution is 2.49. The second kappa shape index (κ2) is 5.05. The van der Waals surface area contributed by atoms with Gasteiger partial charge in [-0.05, 0) is 24.3 Å². The first kappa shape index (κ1) is 12.4. The minimum Gasteiger partial charge on any atom is -0.471 e. The number of ketones is 1. The molecule has 90 valence electrons. The fourth-order valence-corrected chi connectivity index (χ4v) is 5.00. The van der Waals surface area contributed by atoms with Crippen LogP contribution in [0.15, 0.2) is 11.3 Å². The molecule has 0 atom stereocenters. The van der Waals surface area contributed by atoms with E-state index in [9.17, 15) is 4.79 Å². The largest absolute Gasteiger partial charge is 0.471 e. The van der Waals surface area contributed by atoms with Crippen molar-refractivity contribution in [1.29, 1.82) is 0 Å². The van der Waals surface area contributed by atoms with E-state index in [0.717, 1.165) is 42.1 Å². The van der Waals surface area contributed by atoms with Gasteiger partial charge < -0.3 is 4.74 Å². The zero-order chi connectivity index (χ0) is 11.6. The third kappa shape index (κ3) is 2.28. The van der Waals surface area contributed by atoms with Crippen molar-refractivity contribution in [2.75, 3.05) is 11.5 Å². The topological polar surface area (TPSA) is 26.3 Å². The molecule has 0 saturated heterocycles. The standard InChI is InChI=1S/C12H18O2S2/c1-3-15-12(16-4-2)8-10(13)9-6-5-7-11(9)14-12/h3-8H2,1-2H3. The van der Waals surface area contributed by atoms with Gasteiger partial charge in [0.2, 0.25) is 4.27 Å². The second-order valence-electron chi connectivity index (χ2n) is 4.01. The van der Waals surface area contributed by atoms with Crippen LogP contribution in [0.25, 0.3) is 0 Å². The predicted molar refractivity (Wildman–Crippen MR) is 70.6 cm³/mol. The molecule has 2 nitrogen and oxygen atoms in total. The normalized spacial score (nSPS) is 23.2. The molecule has 0 saturated carbocycles. The highest BCUT2D eigenvalue weighted by Gasteiger charge is 2.43. The summed E-state index contributed by atoms with van der Waals surface area (Å²) in [5.74, 6) is 3.28. The highest BCUT2D eigenvalue weighted by atomic mass is 32.2. The van der Waals surface area contributed by atoms with Gasteiger partial charge in [-0.1, -0.05) is 13.8 Å². The van der Waals surface area contributed by atoms with E-state index in [0.29, 0.717) is 12.2 Å². The van der Waals surface area contributed by atoms with Crippen LogP contribution in [-0.4, -0.2) is 21.6 Å². The zero-order valence-electron chi connectivity index (χ0n) is 9.88.